The Morgan fingerprint density at radius 2 is 1.82 bits per heavy atom. The average molecular weight is 530 g/mol. The van der Waals surface area contributed by atoms with Crippen molar-refractivity contribution in [2.45, 2.75) is 19.5 Å². The number of anilines is 2. The SMILES string of the molecule is C[C@@H](OC(=O)Nc1c(-c2ccc(NC(=O)c3ccnc(C(F)F)c3)cn2)nnn1C)c1cc(F)cnc1F. The molecule has 0 fully saturated rings. The molecule has 0 spiro atoms. The molecule has 0 saturated heterocycles. The van der Waals surface area contributed by atoms with Gasteiger partial charge >= 0.3 is 6.09 Å². The lowest BCUT2D eigenvalue weighted by Gasteiger charge is -2.15. The van der Waals surface area contributed by atoms with Gasteiger partial charge in [0, 0.05) is 18.8 Å². The highest BCUT2D eigenvalue weighted by Crippen LogP contribution is 2.26. The first-order valence-electron chi connectivity index (χ1n) is 10.8. The number of pyridine rings is 3. The van der Waals surface area contributed by atoms with E-state index in [1.807, 2.05) is 0 Å². The minimum Gasteiger partial charge on any atom is -0.441 e. The van der Waals surface area contributed by atoms with E-state index in [2.05, 4.69) is 35.9 Å². The van der Waals surface area contributed by atoms with Crippen molar-refractivity contribution in [2.75, 3.05) is 10.6 Å². The van der Waals surface area contributed by atoms with Gasteiger partial charge in [0.05, 0.1) is 29.3 Å². The Morgan fingerprint density at radius 1 is 1.03 bits per heavy atom. The van der Waals surface area contributed by atoms with Gasteiger partial charge < -0.3 is 10.1 Å². The Morgan fingerprint density at radius 3 is 2.53 bits per heavy atom. The minimum absolute atomic E-state index is 0.0126. The topological polar surface area (TPSA) is 137 Å². The number of ether oxygens (including phenoxy) is 1. The van der Waals surface area contributed by atoms with Crippen molar-refractivity contribution in [1.29, 1.82) is 0 Å². The van der Waals surface area contributed by atoms with Gasteiger partial charge in [0.2, 0.25) is 5.95 Å². The maximum absolute atomic E-state index is 13.9. The second kappa shape index (κ2) is 11.0. The Labute approximate surface area is 211 Å². The monoisotopic (exact) mass is 530 g/mol. The number of carbonyl (C=O) groups is 2. The lowest BCUT2D eigenvalue weighted by Crippen LogP contribution is -2.19. The van der Waals surface area contributed by atoms with Gasteiger partial charge in [-0.15, -0.1) is 5.10 Å². The smallest absolute Gasteiger partial charge is 0.413 e. The summed E-state index contributed by atoms with van der Waals surface area (Å²) in [6.07, 6.45) is -1.89. The average Bonchev–Trinajstić information content (AvgIpc) is 3.25. The highest BCUT2D eigenvalue weighted by Gasteiger charge is 2.21. The lowest BCUT2D eigenvalue weighted by atomic mass is 10.2. The zero-order valence-electron chi connectivity index (χ0n) is 19.7. The van der Waals surface area contributed by atoms with Crippen LogP contribution in [-0.4, -0.2) is 41.9 Å². The van der Waals surface area contributed by atoms with Gasteiger partial charge in [0.25, 0.3) is 12.3 Å². The summed E-state index contributed by atoms with van der Waals surface area (Å²) in [5.41, 5.74) is -0.138. The summed E-state index contributed by atoms with van der Waals surface area (Å²) in [4.78, 5) is 35.8. The Hall–Kier alpha value is -4.95. The van der Waals surface area contributed by atoms with Crippen molar-refractivity contribution in [2.24, 2.45) is 7.05 Å². The largest absolute Gasteiger partial charge is 0.441 e. The van der Waals surface area contributed by atoms with Crippen LogP contribution < -0.4 is 10.6 Å². The number of aromatic nitrogens is 6. The first kappa shape index (κ1) is 26.1. The van der Waals surface area contributed by atoms with Crippen LogP contribution in [0.25, 0.3) is 11.4 Å². The van der Waals surface area contributed by atoms with Crippen LogP contribution in [0.15, 0.2) is 48.9 Å². The van der Waals surface area contributed by atoms with Gasteiger partial charge in [0.15, 0.2) is 11.5 Å². The molecule has 0 aliphatic rings. The molecule has 2 amide bonds. The van der Waals surface area contributed by atoms with Gasteiger partial charge in [-0.3, -0.25) is 20.1 Å². The molecule has 15 heteroatoms. The van der Waals surface area contributed by atoms with Crippen LogP contribution in [0.5, 0.6) is 0 Å². The van der Waals surface area contributed by atoms with Crippen molar-refractivity contribution in [3.8, 4) is 11.4 Å². The van der Waals surface area contributed by atoms with Gasteiger partial charge in [-0.05, 0) is 37.3 Å². The Bertz CT molecular complexity index is 1480. The van der Waals surface area contributed by atoms with Crippen LogP contribution >= 0.6 is 0 Å². The summed E-state index contributed by atoms with van der Waals surface area (Å²) in [5.74, 6) is -2.34. The fraction of sp³-hybridized carbons (Fsp3) is 0.174. The zero-order valence-corrected chi connectivity index (χ0v) is 19.7. The second-order valence-electron chi connectivity index (χ2n) is 7.77. The van der Waals surface area contributed by atoms with Crippen molar-refractivity contribution in [3.05, 3.63) is 77.5 Å². The normalized spacial score (nSPS) is 11.8. The minimum atomic E-state index is -2.82. The van der Waals surface area contributed by atoms with E-state index in [4.69, 9.17) is 4.74 Å². The number of carbonyl (C=O) groups excluding carboxylic acids is 2. The third kappa shape index (κ3) is 5.88. The van der Waals surface area contributed by atoms with E-state index >= 15 is 0 Å². The van der Waals surface area contributed by atoms with E-state index in [9.17, 15) is 27.2 Å². The molecule has 0 aromatic carbocycles. The summed E-state index contributed by atoms with van der Waals surface area (Å²) in [5, 5.41) is 12.8. The number of nitrogens with one attached hydrogen (secondary N) is 2. The van der Waals surface area contributed by atoms with Crippen LogP contribution in [0.1, 0.15) is 41.1 Å². The van der Waals surface area contributed by atoms with E-state index in [1.54, 1.807) is 0 Å². The van der Waals surface area contributed by atoms with Crippen molar-refractivity contribution in [1.82, 2.24) is 29.9 Å². The molecular weight excluding hydrogens is 512 g/mol. The van der Waals surface area contributed by atoms with Crippen LogP contribution in [0.3, 0.4) is 0 Å². The number of rotatable bonds is 7. The standard InChI is InChI=1S/C23H18F4N8O3/c1-11(15-8-13(24)9-30-20(15)27)38-23(37)32-21-18(33-34-35(21)2)16-4-3-14(10-29-16)31-22(36)12-5-6-28-17(7-12)19(25)26/h3-11,19H,1-2H3,(H,31,36)(H,32,37)/t11-/m1/s1. The van der Waals surface area contributed by atoms with Crippen LogP contribution in [-0.2, 0) is 11.8 Å². The van der Waals surface area contributed by atoms with Crippen molar-refractivity contribution in [3.63, 3.8) is 0 Å². The number of hydrogen-bond donors (Lipinski definition) is 2. The predicted octanol–water partition coefficient (Wildman–Crippen LogP) is 4.44. The highest BCUT2D eigenvalue weighted by molar-refractivity contribution is 6.04. The second-order valence-corrected chi connectivity index (χ2v) is 7.77. The number of amides is 2. The third-order valence-electron chi connectivity index (χ3n) is 5.13. The van der Waals surface area contributed by atoms with E-state index < -0.39 is 42.0 Å². The molecule has 0 saturated carbocycles. The van der Waals surface area contributed by atoms with Gasteiger partial charge in [0.1, 0.15) is 17.6 Å². The molecule has 11 nitrogen and oxygen atoms in total. The molecule has 0 aliphatic heterocycles. The maximum Gasteiger partial charge on any atom is 0.413 e. The Kier molecular flexibility index (Phi) is 7.55. The molecule has 196 valence electrons. The Balaban J connectivity index is 1.45. The number of nitrogens with zero attached hydrogens (tertiary/aromatic N) is 6. The molecular formula is C23H18F4N8O3. The quantitative estimate of drug-likeness (QED) is 0.264. The number of hydrogen-bond acceptors (Lipinski definition) is 8. The predicted molar refractivity (Wildman–Crippen MR) is 124 cm³/mol. The number of aryl methyl sites for hydroxylation is 1. The van der Waals surface area contributed by atoms with E-state index in [1.165, 1.54) is 43.0 Å². The molecule has 4 aromatic heterocycles. The number of halogens is 4. The lowest BCUT2D eigenvalue weighted by molar-refractivity contribution is 0.102. The summed E-state index contributed by atoms with van der Waals surface area (Å²) >= 11 is 0. The molecule has 0 unspecified atom stereocenters. The summed E-state index contributed by atoms with van der Waals surface area (Å²) in [7, 11) is 1.49. The van der Waals surface area contributed by atoms with Crippen LogP contribution in [0, 0.1) is 11.8 Å². The number of alkyl halides is 2. The molecule has 0 aliphatic carbocycles. The van der Waals surface area contributed by atoms with Crippen LogP contribution in [0.2, 0.25) is 0 Å². The van der Waals surface area contributed by atoms with E-state index in [-0.39, 0.29) is 34.0 Å². The molecule has 2 N–H and O–H groups in total. The first-order valence-corrected chi connectivity index (χ1v) is 10.8. The summed E-state index contributed by atoms with van der Waals surface area (Å²) in [6.45, 7) is 1.34. The van der Waals surface area contributed by atoms with Crippen molar-refractivity contribution < 1.29 is 31.9 Å². The van der Waals surface area contributed by atoms with Gasteiger partial charge in [-0.25, -0.2) is 27.6 Å². The zero-order chi connectivity index (χ0) is 27.4. The third-order valence-corrected chi connectivity index (χ3v) is 5.13. The fourth-order valence-electron chi connectivity index (χ4n) is 3.26. The van der Waals surface area contributed by atoms with Crippen molar-refractivity contribution >= 4 is 23.5 Å². The van der Waals surface area contributed by atoms with Crippen LogP contribution in [0.4, 0.5) is 33.9 Å². The molecule has 1 atom stereocenters. The summed E-state index contributed by atoms with van der Waals surface area (Å²) in [6, 6.07) is 6.10. The summed E-state index contributed by atoms with van der Waals surface area (Å²) < 4.78 is 59.3. The van der Waals surface area contributed by atoms with Gasteiger partial charge in [-0.1, -0.05) is 5.21 Å². The van der Waals surface area contributed by atoms with E-state index in [0.717, 1.165) is 18.3 Å². The molecule has 0 bridgehead atoms. The molecule has 4 aromatic rings. The first-order chi connectivity index (χ1) is 18.1. The fourth-order valence-corrected chi connectivity index (χ4v) is 3.26. The molecule has 38 heavy (non-hydrogen) atoms. The maximum atomic E-state index is 13.9. The molecule has 4 heterocycles. The molecule has 0 radical (unpaired) electrons. The van der Waals surface area contributed by atoms with Gasteiger partial charge in [-0.2, -0.15) is 4.39 Å². The molecule has 4 rings (SSSR count). The highest BCUT2D eigenvalue weighted by atomic mass is 19.3. The van der Waals surface area contributed by atoms with E-state index in [0.29, 0.717) is 6.20 Å².